The van der Waals surface area contributed by atoms with Crippen molar-refractivity contribution < 1.29 is 0 Å². The third kappa shape index (κ3) is 3.51. The molecule has 5 heteroatoms. The van der Waals surface area contributed by atoms with E-state index in [-0.39, 0.29) is 0 Å². The average Bonchev–Trinajstić information content (AvgIpc) is 2.81. The summed E-state index contributed by atoms with van der Waals surface area (Å²) in [5, 5.41) is 5.36. The number of hydrogen-bond donors (Lipinski definition) is 0. The highest BCUT2D eigenvalue weighted by Crippen LogP contribution is 2.29. The lowest BCUT2D eigenvalue weighted by molar-refractivity contribution is 0.628. The van der Waals surface area contributed by atoms with Crippen molar-refractivity contribution in [2.75, 3.05) is 0 Å². The average molecular weight is 329 g/mol. The van der Waals surface area contributed by atoms with Crippen LogP contribution in [0, 0.1) is 0 Å². The first-order chi connectivity index (χ1) is 9.69. The molecule has 0 fully saturated rings. The van der Waals surface area contributed by atoms with Gasteiger partial charge in [-0.2, -0.15) is 5.10 Å². The topological polar surface area (TPSA) is 17.8 Å². The Morgan fingerprint density at radius 2 is 1.90 bits per heavy atom. The predicted molar refractivity (Wildman–Crippen MR) is 87.8 cm³/mol. The maximum atomic E-state index is 6.41. The van der Waals surface area contributed by atoms with Crippen molar-refractivity contribution in [1.82, 2.24) is 9.78 Å². The second-order valence-corrected chi connectivity index (χ2v) is 6.14. The van der Waals surface area contributed by atoms with Crippen LogP contribution >= 0.6 is 35.0 Å². The lowest BCUT2D eigenvalue weighted by atomic mass is 10.2. The Kier molecular flexibility index (Phi) is 5.82. The second kappa shape index (κ2) is 7.39. The Morgan fingerprint density at radius 1 is 1.20 bits per heavy atom. The van der Waals surface area contributed by atoms with Crippen molar-refractivity contribution in [2.45, 2.75) is 43.3 Å². The number of nitrogens with zero attached hydrogens (tertiary/aromatic N) is 2. The molecule has 1 aromatic heterocycles. The minimum atomic E-state index is 0.555. The third-order valence-electron chi connectivity index (χ3n) is 3.15. The molecule has 2 aromatic rings. The summed E-state index contributed by atoms with van der Waals surface area (Å²) < 4.78 is 2.00. The van der Waals surface area contributed by atoms with Gasteiger partial charge in [0.05, 0.1) is 16.4 Å². The van der Waals surface area contributed by atoms with Gasteiger partial charge in [0.2, 0.25) is 0 Å². The molecule has 1 aromatic carbocycles. The van der Waals surface area contributed by atoms with Crippen LogP contribution in [0.15, 0.2) is 29.2 Å². The fourth-order valence-electron chi connectivity index (χ4n) is 1.98. The summed E-state index contributed by atoms with van der Waals surface area (Å²) >= 11 is 14.0. The molecule has 0 unspecified atom stereocenters. The van der Waals surface area contributed by atoms with Crippen LogP contribution in [0.5, 0.6) is 0 Å². The van der Waals surface area contributed by atoms with Crippen LogP contribution in [0.1, 0.15) is 30.8 Å². The molecule has 0 aliphatic carbocycles. The highest BCUT2D eigenvalue weighted by molar-refractivity contribution is 7.98. The van der Waals surface area contributed by atoms with Crippen LogP contribution in [0.3, 0.4) is 0 Å². The molecule has 2 rings (SSSR count). The monoisotopic (exact) mass is 328 g/mol. The molecule has 0 amide bonds. The number of alkyl halides is 1. The summed E-state index contributed by atoms with van der Waals surface area (Å²) in [7, 11) is 0. The van der Waals surface area contributed by atoms with Gasteiger partial charge in [0, 0.05) is 23.1 Å². The maximum Gasteiger partial charge on any atom is 0.0858 e. The molecule has 0 N–H and O–H groups in total. The minimum Gasteiger partial charge on any atom is -0.267 e. The van der Waals surface area contributed by atoms with Gasteiger partial charge in [0.25, 0.3) is 0 Å². The van der Waals surface area contributed by atoms with Crippen LogP contribution < -0.4 is 0 Å². The van der Waals surface area contributed by atoms with E-state index in [1.54, 1.807) is 11.8 Å². The van der Waals surface area contributed by atoms with Crippen molar-refractivity contribution in [3.05, 3.63) is 46.2 Å². The third-order valence-corrected chi connectivity index (χ3v) is 4.92. The van der Waals surface area contributed by atoms with E-state index in [2.05, 4.69) is 43.2 Å². The summed E-state index contributed by atoms with van der Waals surface area (Å²) in [6.07, 6.45) is 0.869. The summed E-state index contributed by atoms with van der Waals surface area (Å²) in [4.78, 5) is 1.22. The quantitative estimate of drug-likeness (QED) is 0.539. The summed E-state index contributed by atoms with van der Waals surface area (Å²) in [6.45, 7) is 5.02. The fourth-order valence-corrected chi connectivity index (χ4v) is 3.50. The smallest absolute Gasteiger partial charge is 0.0858 e. The molecule has 0 bridgehead atoms. The zero-order valence-corrected chi connectivity index (χ0v) is 14.0. The van der Waals surface area contributed by atoms with Gasteiger partial charge in [0.1, 0.15) is 0 Å². The van der Waals surface area contributed by atoms with E-state index in [0.29, 0.717) is 5.88 Å². The van der Waals surface area contributed by atoms with E-state index >= 15 is 0 Å². The number of aryl methyl sites for hydroxylation is 2. The van der Waals surface area contributed by atoms with Gasteiger partial charge in [-0.05, 0) is 31.0 Å². The van der Waals surface area contributed by atoms with Crippen LogP contribution in [-0.2, 0) is 24.6 Å². The minimum absolute atomic E-state index is 0.555. The zero-order chi connectivity index (χ0) is 14.5. The lowest BCUT2D eigenvalue weighted by Gasteiger charge is -2.06. The molecule has 1 heterocycles. The van der Waals surface area contributed by atoms with Crippen LogP contribution in [-0.4, -0.2) is 9.78 Å². The first-order valence-corrected chi connectivity index (χ1v) is 8.61. The van der Waals surface area contributed by atoms with Crippen molar-refractivity contribution in [2.24, 2.45) is 0 Å². The molecule has 0 spiro atoms. The number of benzene rings is 1. The van der Waals surface area contributed by atoms with E-state index in [9.17, 15) is 0 Å². The summed E-state index contributed by atoms with van der Waals surface area (Å²) in [5.41, 5.74) is 3.24. The van der Waals surface area contributed by atoms with Crippen molar-refractivity contribution >= 4 is 35.0 Å². The maximum absolute atomic E-state index is 6.41. The first-order valence-electron chi connectivity index (χ1n) is 6.71. The standard InChI is InChI=1S/C15H18Cl2N2S/c1-3-13-15(17)14(19(4-2)18-13)10-20-12-7-5-11(9-16)6-8-12/h5-8H,3-4,9-10H2,1-2H3. The van der Waals surface area contributed by atoms with E-state index in [1.807, 2.05) is 4.68 Å². The molecular formula is C15H18Cl2N2S. The molecular weight excluding hydrogens is 311 g/mol. The Bertz CT molecular complexity index is 564. The van der Waals surface area contributed by atoms with Gasteiger partial charge < -0.3 is 0 Å². The van der Waals surface area contributed by atoms with Gasteiger partial charge >= 0.3 is 0 Å². The number of rotatable bonds is 6. The van der Waals surface area contributed by atoms with Gasteiger partial charge in [-0.3, -0.25) is 4.68 Å². The Labute approximate surface area is 134 Å². The summed E-state index contributed by atoms with van der Waals surface area (Å²) in [5.74, 6) is 1.39. The Balaban J connectivity index is 2.11. The molecule has 108 valence electrons. The Hall–Kier alpha value is -0.640. The van der Waals surface area contributed by atoms with Crippen LogP contribution in [0.25, 0.3) is 0 Å². The van der Waals surface area contributed by atoms with Crippen LogP contribution in [0.2, 0.25) is 5.02 Å². The second-order valence-electron chi connectivity index (χ2n) is 4.44. The normalized spacial score (nSPS) is 11.0. The number of hydrogen-bond acceptors (Lipinski definition) is 2. The summed E-state index contributed by atoms with van der Waals surface area (Å²) in [6, 6.07) is 8.32. The molecule has 0 atom stereocenters. The molecule has 0 aliphatic rings. The largest absolute Gasteiger partial charge is 0.267 e. The van der Waals surface area contributed by atoms with Crippen molar-refractivity contribution in [3.63, 3.8) is 0 Å². The molecule has 0 radical (unpaired) electrons. The molecule has 0 aliphatic heterocycles. The van der Waals surface area contributed by atoms with Gasteiger partial charge in [-0.15, -0.1) is 23.4 Å². The highest BCUT2D eigenvalue weighted by atomic mass is 35.5. The van der Waals surface area contributed by atoms with E-state index in [4.69, 9.17) is 23.2 Å². The molecule has 2 nitrogen and oxygen atoms in total. The Morgan fingerprint density at radius 3 is 2.45 bits per heavy atom. The fraction of sp³-hybridized carbons (Fsp3) is 0.400. The number of thioether (sulfide) groups is 1. The zero-order valence-electron chi connectivity index (χ0n) is 11.7. The van der Waals surface area contributed by atoms with E-state index < -0.39 is 0 Å². The van der Waals surface area contributed by atoms with Gasteiger partial charge in [-0.25, -0.2) is 0 Å². The predicted octanol–water partition coefficient (Wildman–Crippen LogP) is 5.15. The number of aromatic nitrogens is 2. The molecule has 0 saturated carbocycles. The van der Waals surface area contributed by atoms with Crippen molar-refractivity contribution in [1.29, 1.82) is 0 Å². The SMILES string of the molecule is CCc1nn(CC)c(CSc2ccc(CCl)cc2)c1Cl. The molecule has 20 heavy (non-hydrogen) atoms. The van der Waals surface area contributed by atoms with Gasteiger partial charge in [-0.1, -0.05) is 30.7 Å². The van der Waals surface area contributed by atoms with Crippen molar-refractivity contribution in [3.8, 4) is 0 Å². The number of halogens is 2. The lowest BCUT2D eigenvalue weighted by Crippen LogP contribution is -2.01. The first kappa shape index (κ1) is 15.7. The highest BCUT2D eigenvalue weighted by Gasteiger charge is 2.14. The van der Waals surface area contributed by atoms with Crippen LogP contribution in [0.4, 0.5) is 0 Å². The van der Waals surface area contributed by atoms with Gasteiger partial charge in [0.15, 0.2) is 0 Å². The van der Waals surface area contributed by atoms with E-state index in [1.165, 1.54) is 4.90 Å². The van der Waals surface area contributed by atoms with E-state index in [0.717, 1.165) is 40.7 Å². The molecule has 0 saturated heterocycles.